The van der Waals surface area contributed by atoms with E-state index in [9.17, 15) is 4.79 Å². The average molecular weight is 411 g/mol. The van der Waals surface area contributed by atoms with Crippen molar-refractivity contribution in [3.05, 3.63) is 0 Å². The van der Waals surface area contributed by atoms with Gasteiger partial charge in [0.1, 0.15) is 0 Å². The fourth-order valence-electron chi connectivity index (χ4n) is 4.70. The summed E-state index contributed by atoms with van der Waals surface area (Å²) in [6, 6.07) is 0. The van der Waals surface area contributed by atoms with Gasteiger partial charge in [-0.3, -0.25) is 4.79 Å². The Labute approximate surface area is 181 Å². The molecule has 1 aliphatic heterocycles. The Morgan fingerprint density at radius 3 is 2.07 bits per heavy atom. The molecule has 0 radical (unpaired) electrons. The minimum Gasteiger partial charge on any atom is -0.465 e. The van der Waals surface area contributed by atoms with E-state index in [2.05, 4.69) is 55.4 Å². The predicted molar refractivity (Wildman–Crippen MR) is 123 cm³/mol. The minimum absolute atomic E-state index is 0.0312. The number of unbranched alkanes of at least 4 members (excludes halogenated alkanes) is 3. The highest BCUT2D eigenvalue weighted by atomic mass is 16.6. The van der Waals surface area contributed by atoms with Crippen molar-refractivity contribution in [3.63, 3.8) is 0 Å². The summed E-state index contributed by atoms with van der Waals surface area (Å²) in [5.74, 6) is 1.07. The van der Waals surface area contributed by atoms with E-state index in [1.54, 1.807) is 0 Å². The van der Waals surface area contributed by atoms with Crippen molar-refractivity contribution in [2.24, 2.45) is 28.6 Å². The molecule has 1 rings (SSSR count). The van der Waals surface area contributed by atoms with Crippen molar-refractivity contribution in [2.75, 3.05) is 13.2 Å². The van der Waals surface area contributed by atoms with Gasteiger partial charge in [0.2, 0.25) is 0 Å². The second kappa shape index (κ2) is 12.3. The summed E-state index contributed by atoms with van der Waals surface area (Å²) < 4.78 is 11.0. The molecule has 29 heavy (non-hydrogen) atoms. The van der Waals surface area contributed by atoms with E-state index in [0.717, 1.165) is 38.7 Å². The molecule has 1 saturated heterocycles. The number of ether oxygens (including phenoxy) is 2. The van der Waals surface area contributed by atoms with Crippen molar-refractivity contribution in [1.82, 2.24) is 0 Å². The normalized spacial score (nSPS) is 20.2. The van der Waals surface area contributed by atoms with Crippen LogP contribution < -0.4 is 0 Å². The first-order chi connectivity index (χ1) is 13.4. The van der Waals surface area contributed by atoms with Crippen molar-refractivity contribution in [1.29, 1.82) is 0 Å². The third-order valence-corrected chi connectivity index (χ3v) is 5.92. The maximum absolute atomic E-state index is 12.9. The molecule has 0 spiro atoms. The van der Waals surface area contributed by atoms with Gasteiger partial charge in [0.25, 0.3) is 0 Å². The van der Waals surface area contributed by atoms with Gasteiger partial charge in [-0.2, -0.15) is 0 Å². The SMILES string of the molecule is CC(CCC(C(=O)OCCCCCCC1CO1)C(C)CC(C)(C)C)CC(C)(C)C. The van der Waals surface area contributed by atoms with E-state index in [4.69, 9.17) is 9.47 Å². The number of epoxide rings is 1. The van der Waals surface area contributed by atoms with Gasteiger partial charge in [0.05, 0.1) is 25.2 Å². The second-order valence-corrected chi connectivity index (χ2v) is 12.1. The van der Waals surface area contributed by atoms with Crippen LogP contribution in [0, 0.1) is 28.6 Å². The highest BCUT2D eigenvalue weighted by Crippen LogP contribution is 2.34. The van der Waals surface area contributed by atoms with Crippen LogP contribution in [0.25, 0.3) is 0 Å². The lowest BCUT2D eigenvalue weighted by Gasteiger charge is -2.30. The Bertz CT molecular complexity index is 454. The van der Waals surface area contributed by atoms with Gasteiger partial charge < -0.3 is 9.47 Å². The number of carbonyl (C=O) groups excluding carboxylic acids is 1. The van der Waals surface area contributed by atoms with Crippen molar-refractivity contribution >= 4 is 5.97 Å². The molecule has 4 unspecified atom stereocenters. The lowest BCUT2D eigenvalue weighted by atomic mass is 9.76. The van der Waals surface area contributed by atoms with Gasteiger partial charge in [0.15, 0.2) is 0 Å². The zero-order valence-electron chi connectivity index (χ0n) is 20.8. The molecular weight excluding hydrogens is 360 g/mol. The molecule has 1 aliphatic rings. The van der Waals surface area contributed by atoms with E-state index in [1.165, 1.54) is 25.7 Å². The van der Waals surface area contributed by atoms with E-state index in [-0.39, 0.29) is 17.3 Å². The zero-order valence-corrected chi connectivity index (χ0v) is 20.8. The van der Waals surface area contributed by atoms with Crippen molar-refractivity contribution in [3.8, 4) is 0 Å². The molecule has 0 aliphatic carbocycles. The van der Waals surface area contributed by atoms with Gasteiger partial charge in [-0.05, 0) is 61.2 Å². The van der Waals surface area contributed by atoms with Gasteiger partial charge in [-0.15, -0.1) is 0 Å². The average Bonchev–Trinajstić information content (AvgIpc) is 3.34. The largest absolute Gasteiger partial charge is 0.465 e. The molecule has 1 heterocycles. The molecule has 0 amide bonds. The fourth-order valence-corrected chi connectivity index (χ4v) is 4.70. The summed E-state index contributed by atoms with van der Waals surface area (Å²) in [5, 5.41) is 0. The molecule has 0 bridgehead atoms. The van der Waals surface area contributed by atoms with Crippen LogP contribution in [-0.2, 0) is 14.3 Å². The van der Waals surface area contributed by atoms with Crippen LogP contribution in [0.5, 0.6) is 0 Å². The van der Waals surface area contributed by atoms with E-state index in [0.29, 0.717) is 30.0 Å². The standard InChI is InChI=1S/C26H50O3/c1-20(17-25(3,4)5)14-15-23(21(2)18-26(6,7)8)24(27)28-16-12-10-9-11-13-22-19-29-22/h20-23H,9-19H2,1-8H3. The minimum atomic E-state index is 0.0312. The quantitative estimate of drug-likeness (QED) is 0.170. The van der Waals surface area contributed by atoms with Gasteiger partial charge in [-0.25, -0.2) is 0 Å². The Balaban J connectivity index is 2.42. The van der Waals surface area contributed by atoms with Crippen molar-refractivity contribution < 1.29 is 14.3 Å². The molecule has 4 atom stereocenters. The van der Waals surface area contributed by atoms with Crippen LogP contribution in [0.15, 0.2) is 0 Å². The van der Waals surface area contributed by atoms with E-state index in [1.807, 2.05) is 0 Å². The summed E-state index contributed by atoms with van der Waals surface area (Å²) in [4.78, 5) is 12.9. The van der Waals surface area contributed by atoms with Crippen LogP contribution in [0.2, 0.25) is 0 Å². The Morgan fingerprint density at radius 2 is 1.52 bits per heavy atom. The first-order valence-corrected chi connectivity index (χ1v) is 12.2. The number of carbonyl (C=O) groups is 1. The maximum atomic E-state index is 12.9. The lowest BCUT2D eigenvalue weighted by Crippen LogP contribution is -2.28. The highest BCUT2D eigenvalue weighted by Gasteiger charge is 2.30. The second-order valence-electron chi connectivity index (χ2n) is 12.1. The maximum Gasteiger partial charge on any atom is 0.309 e. The summed E-state index contributed by atoms with van der Waals surface area (Å²) >= 11 is 0. The molecule has 0 saturated carbocycles. The molecule has 0 aromatic heterocycles. The summed E-state index contributed by atoms with van der Waals surface area (Å²) in [5.41, 5.74) is 0.582. The fraction of sp³-hybridized carbons (Fsp3) is 0.962. The van der Waals surface area contributed by atoms with Gasteiger partial charge >= 0.3 is 5.97 Å². The molecule has 0 aromatic carbocycles. The first kappa shape index (κ1) is 26.5. The summed E-state index contributed by atoms with van der Waals surface area (Å²) in [7, 11) is 0. The number of hydrogen-bond donors (Lipinski definition) is 0. The van der Waals surface area contributed by atoms with Crippen LogP contribution in [0.3, 0.4) is 0 Å². The van der Waals surface area contributed by atoms with Crippen LogP contribution in [0.4, 0.5) is 0 Å². The van der Waals surface area contributed by atoms with E-state index >= 15 is 0 Å². The third kappa shape index (κ3) is 14.1. The van der Waals surface area contributed by atoms with Crippen molar-refractivity contribution in [2.45, 2.75) is 119 Å². The Morgan fingerprint density at radius 1 is 0.931 bits per heavy atom. The Kier molecular flexibility index (Phi) is 11.2. The highest BCUT2D eigenvalue weighted by molar-refractivity contribution is 5.72. The van der Waals surface area contributed by atoms with Crippen LogP contribution >= 0.6 is 0 Å². The summed E-state index contributed by atoms with van der Waals surface area (Å²) in [6.45, 7) is 19.8. The monoisotopic (exact) mass is 410 g/mol. The summed E-state index contributed by atoms with van der Waals surface area (Å²) in [6.07, 6.45) is 10.6. The van der Waals surface area contributed by atoms with Crippen LogP contribution in [0.1, 0.15) is 113 Å². The number of esters is 1. The number of rotatable bonds is 14. The predicted octanol–water partition coefficient (Wildman–Crippen LogP) is 7.42. The van der Waals surface area contributed by atoms with Crippen LogP contribution in [-0.4, -0.2) is 25.3 Å². The lowest BCUT2D eigenvalue weighted by molar-refractivity contribution is -0.151. The molecule has 1 fully saturated rings. The molecule has 0 aromatic rings. The molecule has 3 heteroatoms. The molecule has 3 nitrogen and oxygen atoms in total. The molecule has 172 valence electrons. The Hall–Kier alpha value is -0.570. The number of hydrogen-bond acceptors (Lipinski definition) is 3. The zero-order chi connectivity index (χ0) is 22.1. The van der Waals surface area contributed by atoms with Gasteiger partial charge in [0, 0.05) is 0 Å². The first-order valence-electron chi connectivity index (χ1n) is 12.2. The van der Waals surface area contributed by atoms with Gasteiger partial charge in [-0.1, -0.05) is 74.7 Å². The smallest absolute Gasteiger partial charge is 0.309 e. The molecular formula is C26H50O3. The topological polar surface area (TPSA) is 38.8 Å². The molecule has 0 N–H and O–H groups in total. The van der Waals surface area contributed by atoms with E-state index < -0.39 is 0 Å². The third-order valence-electron chi connectivity index (χ3n) is 5.92.